The molecule has 2 N–H and O–H groups in total. The second-order valence-electron chi connectivity index (χ2n) is 7.47. The topological polar surface area (TPSA) is 82.5 Å². The number of carbonyl (C=O) groups excluding carboxylic acids is 1. The molecule has 3 heterocycles. The van der Waals surface area contributed by atoms with Gasteiger partial charge in [0.1, 0.15) is 5.82 Å². The van der Waals surface area contributed by atoms with Gasteiger partial charge in [-0.25, -0.2) is 4.98 Å². The fourth-order valence-corrected chi connectivity index (χ4v) is 4.82. The van der Waals surface area contributed by atoms with Crippen LogP contribution < -0.4 is 10.2 Å². The molecule has 2 fully saturated rings. The lowest BCUT2D eigenvalue weighted by Gasteiger charge is -2.42. The zero-order valence-electron chi connectivity index (χ0n) is 15.5. The third-order valence-electron chi connectivity index (χ3n) is 5.93. The first-order chi connectivity index (χ1) is 12.9. The van der Waals surface area contributed by atoms with E-state index in [0.717, 1.165) is 16.7 Å². The number of hydrogen-bond acceptors (Lipinski definition) is 5. The van der Waals surface area contributed by atoms with Crippen LogP contribution >= 0.6 is 11.8 Å². The summed E-state index contributed by atoms with van der Waals surface area (Å²) in [6.07, 6.45) is 3.38. The van der Waals surface area contributed by atoms with Crippen molar-refractivity contribution in [2.75, 3.05) is 24.2 Å². The standard InChI is InChI=1S/C20H23N3O3S/c1-12-9-17(21-16-10-13(27-2)3-4-14(12)16)23-7-5-20(6-8-23)15(19(25)26)11-18(24)22-20/h3-4,9-10,15H,5-8,11H2,1-2H3,(H,22,24)(H,25,26)/t15-/m0/s1. The van der Waals surface area contributed by atoms with Crippen LogP contribution in [0.15, 0.2) is 29.2 Å². The molecule has 4 rings (SSSR count). The van der Waals surface area contributed by atoms with Gasteiger partial charge in [-0.2, -0.15) is 0 Å². The Kier molecular flexibility index (Phi) is 4.50. The van der Waals surface area contributed by atoms with Gasteiger partial charge in [0, 0.05) is 29.8 Å². The minimum atomic E-state index is -0.883. The van der Waals surface area contributed by atoms with Gasteiger partial charge in [-0.1, -0.05) is 6.07 Å². The summed E-state index contributed by atoms with van der Waals surface area (Å²) in [6.45, 7) is 3.46. The van der Waals surface area contributed by atoms with Crippen LogP contribution in [0, 0.1) is 12.8 Å². The average molecular weight is 385 g/mol. The first-order valence-corrected chi connectivity index (χ1v) is 10.4. The van der Waals surface area contributed by atoms with Crippen LogP contribution in [0.25, 0.3) is 10.9 Å². The number of aromatic nitrogens is 1. The predicted molar refractivity (Wildman–Crippen MR) is 106 cm³/mol. The molecule has 27 heavy (non-hydrogen) atoms. The minimum absolute atomic E-state index is 0.0835. The SMILES string of the molecule is CSc1ccc2c(C)cc(N3CCC4(CC3)NC(=O)C[C@H]4C(=O)O)nc2c1. The number of fused-ring (bicyclic) bond motifs is 1. The zero-order valence-corrected chi connectivity index (χ0v) is 16.3. The van der Waals surface area contributed by atoms with Crippen molar-refractivity contribution in [3.8, 4) is 0 Å². The molecule has 1 aromatic heterocycles. The van der Waals surface area contributed by atoms with Crippen molar-refractivity contribution in [3.63, 3.8) is 0 Å². The van der Waals surface area contributed by atoms with Crippen LogP contribution in [-0.4, -0.2) is 46.9 Å². The van der Waals surface area contributed by atoms with Crippen molar-refractivity contribution >= 4 is 40.4 Å². The number of pyridine rings is 1. The number of thioether (sulfide) groups is 1. The number of aryl methyl sites for hydroxylation is 1. The van der Waals surface area contributed by atoms with E-state index in [1.54, 1.807) is 11.8 Å². The molecule has 2 aliphatic heterocycles. The van der Waals surface area contributed by atoms with Crippen molar-refractivity contribution in [2.24, 2.45) is 5.92 Å². The van der Waals surface area contributed by atoms with Crippen LogP contribution in [0.2, 0.25) is 0 Å². The van der Waals surface area contributed by atoms with Crippen molar-refractivity contribution in [3.05, 3.63) is 29.8 Å². The molecule has 1 aromatic carbocycles. The van der Waals surface area contributed by atoms with Crippen molar-refractivity contribution < 1.29 is 14.7 Å². The summed E-state index contributed by atoms with van der Waals surface area (Å²) in [5.41, 5.74) is 1.55. The van der Waals surface area contributed by atoms with Crippen LogP contribution in [0.3, 0.4) is 0 Å². The Balaban J connectivity index is 1.59. The van der Waals surface area contributed by atoms with Crippen molar-refractivity contribution in [2.45, 2.75) is 36.6 Å². The number of carboxylic acids is 1. The molecule has 0 aliphatic carbocycles. The van der Waals surface area contributed by atoms with Crippen molar-refractivity contribution in [1.29, 1.82) is 0 Å². The second kappa shape index (κ2) is 6.71. The number of anilines is 1. The summed E-state index contributed by atoms with van der Waals surface area (Å²) < 4.78 is 0. The van der Waals surface area contributed by atoms with E-state index in [0.29, 0.717) is 25.9 Å². The number of amides is 1. The number of aliphatic carboxylic acids is 1. The Labute approximate surface area is 162 Å². The van der Waals surface area contributed by atoms with Gasteiger partial charge in [-0.3, -0.25) is 9.59 Å². The lowest BCUT2D eigenvalue weighted by Crippen LogP contribution is -2.55. The third-order valence-corrected chi connectivity index (χ3v) is 6.66. The predicted octanol–water partition coefficient (Wildman–Crippen LogP) is 2.82. The quantitative estimate of drug-likeness (QED) is 0.791. The third kappa shape index (κ3) is 3.14. The first kappa shape index (κ1) is 18.1. The van der Waals surface area contributed by atoms with Gasteiger partial charge >= 0.3 is 5.97 Å². The smallest absolute Gasteiger partial charge is 0.309 e. The number of rotatable bonds is 3. The van der Waals surface area contributed by atoms with Gasteiger partial charge in [0.25, 0.3) is 0 Å². The number of nitrogens with one attached hydrogen (secondary N) is 1. The molecule has 142 valence electrons. The van der Waals surface area contributed by atoms with E-state index < -0.39 is 17.4 Å². The van der Waals surface area contributed by atoms with Gasteiger partial charge in [0.15, 0.2) is 0 Å². The van der Waals surface area contributed by atoms with E-state index in [1.807, 2.05) is 0 Å². The number of benzene rings is 1. The maximum Gasteiger partial charge on any atom is 0.309 e. The summed E-state index contributed by atoms with van der Waals surface area (Å²) in [4.78, 5) is 31.7. The summed E-state index contributed by atoms with van der Waals surface area (Å²) in [5, 5.41) is 13.6. The molecule has 2 aliphatic rings. The van der Waals surface area contributed by atoms with Gasteiger partial charge < -0.3 is 15.3 Å². The molecule has 1 atom stereocenters. The zero-order chi connectivity index (χ0) is 19.2. The number of carboxylic acid groups (broad SMARTS) is 1. The van der Waals surface area contributed by atoms with Crippen LogP contribution in [0.1, 0.15) is 24.8 Å². The van der Waals surface area contributed by atoms with Crippen molar-refractivity contribution in [1.82, 2.24) is 10.3 Å². The molecule has 2 saturated heterocycles. The number of piperidine rings is 1. The molecule has 6 nitrogen and oxygen atoms in total. The van der Waals surface area contributed by atoms with Crippen LogP contribution in [0.4, 0.5) is 5.82 Å². The molecule has 0 bridgehead atoms. The highest BCUT2D eigenvalue weighted by Crippen LogP contribution is 2.38. The molecule has 2 aromatic rings. The second-order valence-corrected chi connectivity index (χ2v) is 8.35. The molecule has 7 heteroatoms. The van der Waals surface area contributed by atoms with Crippen LogP contribution in [0.5, 0.6) is 0 Å². The molecule has 1 spiro atoms. The molecule has 0 radical (unpaired) electrons. The summed E-state index contributed by atoms with van der Waals surface area (Å²) >= 11 is 1.70. The van der Waals surface area contributed by atoms with Gasteiger partial charge in [0.05, 0.1) is 17.0 Å². The summed E-state index contributed by atoms with van der Waals surface area (Å²) in [6, 6.07) is 8.44. The maximum absolute atomic E-state index is 11.8. The lowest BCUT2D eigenvalue weighted by molar-refractivity contribution is -0.144. The number of hydrogen-bond donors (Lipinski definition) is 2. The maximum atomic E-state index is 11.8. The van der Waals surface area contributed by atoms with E-state index >= 15 is 0 Å². The normalized spacial score (nSPS) is 21.6. The van der Waals surface area contributed by atoms with Gasteiger partial charge in [0.2, 0.25) is 5.91 Å². The lowest BCUT2D eigenvalue weighted by atomic mass is 9.77. The van der Waals surface area contributed by atoms with Gasteiger partial charge in [-0.05, 0) is 49.8 Å². The van der Waals surface area contributed by atoms with Gasteiger partial charge in [-0.15, -0.1) is 11.8 Å². The monoisotopic (exact) mass is 385 g/mol. The van der Waals surface area contributed by atoms with Crippen LogP contribution in [-0.2, 0) is 9.59 Å². The Morgan fingerprint density at radius 1 is 1.33 bits per heavy atom. The van der Waals surface area contributed by atoms with E-state index in [9.17, 15) is 14.7 Å². The highest BCUT2D eigenvalue weighted by Gasteiger charge is 2.51. The first-order valence-electron chi connectivity index (χ1n) is 9.16. The average Bonchev–Trinajstić information content (AvgIpc) is 2.97. The Morgan fingerprint density at radius 2 is 2.07 bits per heavy atom. The molecule has 1 amide bonds. The highest BCUT2D eigenvalue weighted by molar-refractivity contribution is 7.98. The fourth-order valence-electron chi connectivity index (χ4n) is 4.38. The Bertz CT molecular complexity index is 922. The Morgan fingerprint density at radius 3 is 2.74 bits per heavy atom. The molecule has 0 saturated carbocycles. The molecule has 0 unspecified atom stereocenters. The highest BCUT2D eigenvalue weighted by atomic mass is 32.2. The van der Waals surface area contributed by atoms with E-state index in [-0.39, 0.29) is 12.3 Å². The largest absolute Gasteiger partial charge is 0.481 e. The summed E-state index contributed by atoms with van der Waals surface area (Å²) in [7, 11) is 0. The number of nitrogens with zero attached hydrogens (tertiary/aromatic N) is 2. The van der Waals surface area contributed by atoms with E-state index in [1.165, 1.54) is 10.5 Å². The Hall–Kier alpha value is -2.28. The summed E-state index contributed by atoms with van der Waals surface area (Å²) in [5.74, 6) is -0.752. The molecular weight excluding hydrogens is 362 g/mol. The molecular formula is C20H23N3O3S. The minimum Gasteiger partial charge on any atom is -0.481 e. The fraction of sp³-hybridized carbons (Fsp3) is 0.450. The van der Waals surface area contributed by atoms with E-state index in [4.69, 9.17) is 4.98 Å². The number of carbonyl (C=O) groups is 2. The van der Waals surface area contributed by atoms with E-state index in [2.05, 4.69) is 47.7 Å².